The predicted molar refractivity (Wildman–Crippen MR) is 80.4 cm³/mol. The smallest absolute Gasteiger partial charge is 0.154 e. The van der Waals surface area contributed by atoms with E-state index in [-0.39, 0.29) is 6.61 Å². The van der Waals surface area contributed by atoms with Gasteiger partial charge in [0.2, 0.25) is 0 Å². The summed E-state index contributed by atoms with van der Waals surface area (Å²) in [6.07, 6.45) is 2.05. The van der Waals surface area contributed by atoms with Crippen molar-refractivity contribution in [2.45, 2.75) is 32.3 Å². The van der Waals surface area contributed by atoms with Gasteiger partial charge in [-0.05, 0) is 29.7 Å². The van der Waals surface area contributed by atoms with Crippen LogP contribution in [0.2, 0.25) is 0 Å². The van der Waals surface area contributed by atoms with Gasteiger partial charge in [-0.3, -0.25) is 4.79 Å². The van der Waals surface area contributed by atoms with Gasteiger partial charge in [-0.25, -0.2) is 0 Å². The number of hydrogen-bond acceptors (Lipinski definition) is 3. The summed E-state index contributed by atoms with van der Waals surface area (Å²) in [5.74, 6) is 0.527. The average Bonchev–Trinajstić information content (AvgIpc) is 2.51. The zero-order valence-electron chi connectivity index (χ0n) is 11.9. The molecule has 2 aromatic rings. The topological polar surface area (TPSA) is 46.5 Å². The molecule has 0 saturated heterocycles. The van der Waals surface area contributed by atoms with E-state index in [0.717, 1.165) is 17.1 Å². The van der Waals surface area contributed by atoms with Gasteiger partial charge < -0.3 is 9.84 Å². The van der Waals surface area contributed by atoms with E-state index in [0.29, 0.717) is 24.2 Å². The van der Waals surface area contributed by atoms with Gasteiger partial charge in [-0.2, -0.15) is 0 Å². The first-order valence-corrected chi connectivity index (χ1v) is 6.95. The second-order valence-electron chi connectivity index (χ2n) is 5.04. The van der Waals surface area contributed by atoms with Gasteiger partial charge in [0.1, 0.15) is 12.4 Å². The second kappa shape index (κ2) is 6.06. The van der Waals surface area contributed by atoms with Gasteiger partial charge in [-0.1, -0.05) is 44.2 Å². The van der Waals surface area contributed by atoms with Crippen LogP contribution in [0.3, 0.4) is 0 Å². The molecule has 0 aliphatic carbocycles. The summed E-state index contributed by atoms with van der Waals surface area (Å²) in [6, 6.07) is 11.4. The summed E-state index contributed by atoms with van der Waals surface area (Å²) in [5.41, 5.74) is -0.302. The van der Waals surface area contributed by atoms with E-state index in [2.05, 4.69) is 0 Å². The Morgan fingerprint density at radius 1 is 1.15 bits per heavy atom. The lowest BCUT2D eigenvalue weighted by atomic mass is 9.99. The third-order valence-electron chi connectivity index (χ3n) is 3.86. The summed E-state index contributed by atoms with van der Waals surface area (Å²) in [5, 5.41) is 12.1. The Labute approximate surface area is 119 Å². The lowest BCUT2D eigenvalue weighted by molar-refractivity contribution is -0.0114. The van der Waals surface area contributed by atoms with Gasteiger partial charge in [-0.15, -0.1) is 0 Å². The summed E-state index contributed by atoms with van der Waals surface area (Å²) in [4.78, 5) is 11.4. The van der Waals surface area contributed by atoms with Gasteiger partial charge >= 0.3 is 0 Å². The highest BCUT2D eigenvalue weighted by Gasteiger charge is 2.23. The summed E-state index contributed by atoms with van der Waals surface area (Å²) in [7, 11) is 0. The number of carbonyl (C=O) groups is 1. The molecule has 0 fully saturated rings. The number of ether oxygens (including phenoxy) is 1. The molecule has 106 valence electrons. The van der Waals surface area contributed by atoms with E-state index in [9.17, 15) is 9.90 Å². The number of rotatable bonds is 6. The van der Waals surface area contributed by atoms with E-state index in [1.165, 1.54) is 0 Å². The fourth-order valence-electron chi connectivity index (χ4n) is 2.19. The number of benzene rings is 2. The van der Waals surface area contributed by atoms with Gasteiger partial charge in [0.05, 0.1) is 11.2 Å². The summed E-state index contributed by atoms with van der Waals surface area (Å²) < 4.78 is 5.70. The Balaban J connectivity index is 2.33. The van der Waals surface area contributed by atoms with Crippen molar-refractivity contribution < 1.29 is 14.6 Å². The van der Waals surface area contributed by atoms with Crippen LogP contribution in [0.5, 0.6) is 5.75 Å². The first-order chi connectivity index (χ1) is 9.63. The van der Waals surface area contributed by atoms with Gasteiger partial charge in [0.25, 0.3) is 0 Å². The van der Waals surface area contributed by atoms with Crippen LogP contribution >= 0.6 is 0 Å². The number of aldehydes is 1. The highest BCUT2D eigenvalue weighted by atomic mass is 16.5. The zero-order valence-corrected chi connectivity index (χ0v) is 11.9. The summed E-state index contributed by atoms with van der Waals surface area (Å²) >= 11 is 0. The van der Waals surface area contributed by atoms with Crippen LogP contribution in [-0.4, -0.2) is 23.6 Å². The van der Waals surface area contributed by atoms with Crippen molar-refractivity contribution in [3.05, 3.63) is 42.0 Å². The minimum Gasteiger partial charge on any atom is -0.490 e. The third-order valence-corrected chi connectivity index (χ3v) is 3.86. The first kappa shape index (κ1) is 14.5. The van der Waals surface area contributed by atoms with E-state index in [1.807, 2.05) is 44.2 Å². The maximum Gasteiger partial charge on any atom is 0.154 e. The van der Waals surface area contributed by atoms with E-state index >= 15 is 0 Å². The lowest BCUT2D eigenvalue weighted by Crippen LogP contribution is -2.34. The molecule has 0 saturated carbocycles. The van der Waals surface area contributed by atoms with Crippen LogP contribution in [0.25, 0.3) is 10.8 Å². The maximum atomic E-state index is 11.4. The lowest BCUT2D eigenvalue weighted by Gasteiger charge is -2.25. The normalized spacial score (nSPS) is 11.6. The van der Waals surface area contributed by atoms with Crippen LogP contribution in [0, 0.1) is 0 Å². The predicted octanol–water partition coefficient (Wildman–Crippen LogP) is 3.58. The Kier molecular flexibility index (Phi) is 4.40. The minimum atomic E-state index is -0.841. The van der Waals surface area contributed by atoms with Crippen LogP contribution in [-0.2, 0) is 0 Å². The first-order valence-electron chi connectivity index (χ1n) is 6.95. The molecule has 0 aliphatic heterocycles. The molecule has 20 heavy (non-hydrogen) atoms. The van der Waals surface area contributed by atoms with Crippen LogP contribution in [0.15, 0.2) is 36.4 Å². The molecule has 0 heterocycles. The van der Waals surface area contributed by atoms with Crippen molar-refractivity contribution >= 4 is 17.1 Å². The van der Waals surface area contributed by atoms with Crippen molar-refractivity contribution in [3.8, 4) is 5.75 Å². The number of aliphatic hydroxyl groups is 1. The Bertz CT molecular complexity index is 600. The molecule has 0 aliphatic rings. The molecule has 3 heteroatoms. The fourth-order valence-corrected chi connectivity index (χ4v) is 2.19. The molecule has 0 radical (unpaired) electrons. The van der Waals surface area contributed by atoms with Crippen molar-refractivity contribution in [1.29, 1.82) is 0 Å². The Hall–Kier alpha value is -1.87. The molecule has 2 aromatic carbocycles. The SMILES string of the molecule is CCC(O)(CC)COc1ccc2ccccc2c1C=O. The summed E-state index contributed by atoms with van der Waals surface area (Å²) in [6.45, 7) is 4.04. The van der Waals surface area contributed by atoms with Crippen LogP contribution in [0.4, 0.5) is 0 Å². The van der Waals surface area contributed by atoms with E-state index < -0.39 is 5.60 Å². The zero-order chi connectivity index (χ0) is 14.6. The highest BCUT2D eigenvalue weighted by Crippen LogP contribution is 2.28. The van der Waals surface area contributed by atoms with Crippen molar-refractivity contribution in [3.63, 3.8) is 0 Å². The molecule has 0 amide bonds. The largest absolute Gasteiger partial charge is 0.490 e. The van der Waals surface area contributed by atoms with Gasteiger partial charge in [0, 0.05) is 0 Å². The monoisotopic (exact) mass is 272 g/mol. The molecule has 0 unspecified atom stereocenters. The van der Waals surface area contributed by atoms with Crippen molar-refractivity contribution in [2.24, 2.45) is 0 Å². The van der Waals surface area contributed by atoms with E-state index in [1.54, 1.807) is 6.07 Å². The fraction of sp³-hybridized carbons (Fsp3) is 0.353. The van der Waals surface area contributed by atoms with Crippen molar-refractivity contribution in [2.75, 3.05) is 6.61 Å². The molecule has 0 atom stereocenters. The molecule has 1 N–H and O–H groups in total. The molecule has 0 aromatic heterocycles. The molecule has 2 rings (SSSR count). The number of carbonyl (C=O) groups excluding carboxylic acids is 1. The van der Waals surface area contributed by atoms with E-state index in [4.69, 9.17) is 4.74 Å². The Morgan fingerprint density at radius 2 is 1.85 bits per heavy atom. The molecule has 0 spiro atoms. The number of hydrogen-bond donors (Lipinski definition) is 1. The minimum absolute atomic E-state index is 0.194. The molecular formula is C17H20O3. The van der Waals surface area contributed by atoms with Crippen molar-refractivity contribution in [1.82, 2.24) is 0 Å². The molecule has 3 nitrogen and oxygen atoms in total. The maximum absolute atomic E-state index is 11.4. The standard InChI is InChI=1S/C17H20O3/c1-3-17(19,4-2)12-20-16-10-9-13-7-5-6-8-14(13)15(16)11-18/h5-11,19H,3-4,12H2,1-2H3. The highest BCUT2D eigenvalue weighted by molar-refractivity contribution is 6.00. The Morgan fingerprint density at radius 3 is 2.50 bits per heavy atom. The second-order valence-corrected chi connectivity index (χ2v) is 5.04. The molecular weight excluding hydrogens is 252 g/mol. The third kappa shape index (κ3) is 2.83. The van der Waals surface area contributed by atoms with Gasteiger partial charge in [0.15, 0.2) is 6.29 Å². The average molecular weight is 272 g/mol. The van der Waals surface area contributed by atoms with Crippen LogP contribution in [0.1, 0.15) is 37.0 Å². The quantitative estimate of drug-likeness (QED) is 0.817. The molecule has 0 bridgehead atoms. The van der Waals surface area contributed by atoms with Crippen LogP contribution < -0.4 is 4.74 Å². The number of fused-ring (bicyclic) bond motifs is 1.